The van der Waals surface area contributed by atoms with E-state index in [4.69, 9.17) is 11.6 Å². The summed E-state index contributed by atoms with van der Waals surface area (Å²) in [6, 6.07) is 19.8. The number of halogens is 1. The molecule has 13 heteroatoms. The van der Waals surface area contributed by atoms with Gasteiger partial charge in [0.25, 0.3) is 0 Å². The van der Waals surface area contributed by atoms with Gasteiger partial charge in [-0.25, -0.2) is 0 Å². The average molecular weight is 1010 g/mol. The highest BCUT2D eigenvalue weighted by molar-refractivity contribution is 6.31. The number of nitrogens with zero attached hydrogens (tertiary/aromatic N) is 2. The number of phenolic OH excluding ortho intramolecular Hbond substituents is 10. The zero-order valence-electron chi connectivity index (χ0n) is 40.6. The van der Waals surface area contributed by atoms with Gasteiger partial charge in [0.05, 0.1) is 22.5 Å². The molecule has 12 nitrogen and oxygen atoms in total. The van der Waals surface area contributed by atoms with E-state index in [9.17, 15) is 51.1 Å². The van der Waals surface area contributed by atoms with Crippen molar-refractivity contribution in [2.24, 2.45) is 0 Å². The molecule has 2 unspecified atom stereocenters. The minimum atomic E-state index is -1.02. The highest BCUT2D eigenvalue weighted by Crippen LogP contribution is 2.56. The number of aromatic nitrogens is 2. The molecule has 0 fully saturated rings. The number of aryl methyl sites for hydroxylation is 2. The van der Waals surface area contributed by atoms with E-state index < -0.39 is 57.5 Å². The maximum Gasteiger partial charge on any atom is 0.208 e. The van der Waals surface area contributed by atoms with Gasteiger partial charge in [-0.15, -0.1) is 0 Å². The van der Waals surface area contributed by atoms with E-state index in [-0.39, 0.29) is 34.1 Å². The lowest BCUT2D eigenvalue weighted by Crippen LogP contribution is -1.98. The van der Waals surface area contributed by atoms with Crippen LogP contribution in [-0.4, -0.2) is 61.0 Å². The van der Waals surface area contributed by atoms with Gasteiger partial charge in [-0.1, -0.05) is 145 Å². The first-order valence-electron chi connectivity index (χ1n) is 23.8. The summed E-state index contributed by atoms with van der Waals surface area (Å²) >= 11 is 6.88. The molecular weight excluding hydrogens is 956 g/mol. The van der Waals surface area contributed by atoms with E-state index in [0.717, 1.165) is 59.1 Å². The van der Waals surface area contributed by atoms with Crippen molar-refractivity contribution < 1.29 is 51.1 Å². The Bertz CT molecular complexity index is 3360. The van der Waals surface area contributed by atoms with Crippen LogP contribution in [0, 0.1) is 13.8 Å². The Labute approximate surface area is 433 Å². The van der Waals surface area contributed by atoms with Crippen LogP contribution in [0.3, 0.4) is 0 Å². The first kappa shape index (κ1) is 51.5. The van der Waals surface area contributed by atoms with Gasteiger partial charge < -0.3 is 51.1 Å². The number of phenols is 10. The minimum Gasteiger partial charge on any atom is -0.504 e. The summed E-state index contributed by atoms with van der Waals surface area (Å²) in [7, 11) is 0. The molecule has 4 aromatic carbocycles. The fourth-order valence-electron chi connectivity index (χ4n) is 9.14. The summed E-state index contributed by atoms with van der Waals surface area (Å²) in [5.74, 6) is -8.73. The van der Waals surface area contributed by atoms with Crippen molar-refractivity contribution in [3.05, 3.63) is 203 Å². The lowest BCUT2D eigenvalue weighted by Gasteiger charge is -2.16. The highest BCUT2D eigenvalue weighted by atomic mass is 35.5. The highest BCUT2D eigenvalue weighted by Gasteiger charge is 2.27. The predicted octanol–water partition coefficient (Wildman–Crippen LogP) is 14.0. The largest absolute Gasteiger partial charge is 0.504 e. The monoisotopic (exact) mass is 1010 g/mol. The van der Waals surface area contributed by atoms with E-state index in [2.05, 4.69) is 95.5 Å². The van der Waals surface area contributed by atoms with Crippen molar-refractivity contribution in [3.8, 4) is 102 Å². The van der Waals surface area contributed by atoms with Crippen LogP contribution in [0.1, 0.15) is 66.2 Å². The second kappa shape index (κ2) is 22.3. The van der Waals surface area contributed by atoms with Gasteiger partial charge in [-0.05, 0) is 97.6 Å². The fraction of sp³-hybridized carbons (Fsp3) is 0.148. The number of allylic oxidation sites excluding steroid dienone is 17. The van der Waals surface area contributed by atoms with Gasteiger partial charge in [0.15, 0.2) is 23.0 Å². The molecule has 2 atom stereocenters. The summed E-state index contributed by atoms with van der Waals surface area (Å²) in [5, 5.41) is 103. The quantitative estimate of drug-likeness (QED) is 0.0296. The van der Waals surface area contributed by atoms with E-state index in [1.165, 1.54) is 18.0 Å². The van der Waals surface area contributed by atoms with Crippen molar-refractivity contribution in [3.63, 3.8) is 0 Å². The number of hydrogen-bond acceptors (Lipinski definition) is 12. The standard InChI is InChI=1S/C61H55ClN2O10/c1-4-36(28-38-13-8-6-10-16-44(30-38)40-20-24-42(25-21-40)49-27-35(3)47(33-64-49)51-54(67)58(71)61(74)59(72)55(51)68)31-45(62)17-11-14-37-12-7-5-9-15-43(29-37)39-18-22-41(23-19-39)48-26-34(2)46(32-63-48)50-52(65)56(69)60(73)57(70)53(50)66/h4-10,12-13,17-27,29-33,43-44,65-74H,1,11,14-16,28H2,2-3H3/b9-5-,10-6-,12-7-,13-8-,36-31+,37-29?,38-30?,45-17+. The molecule has 0 saturated carbocycles. The average Bonchev–Trinajstić information content (AvgIpc) is 3.38. The van der Waals surface area contributed by atoms with Crippen LogP contribution >= 0.6 is 11.6 Å². The maximum atomic E-state index is 10.5. The number of pyridine rings is 2. The summed E-state index contributed by atoms with van der Waals surface area (Å²) in [5.41, 5.74) is 9.72. The van der Waals surface area contributed by atoms with Crippen molar-refractivity contribution in [1.29, 1.82) is 0 Å². The first-order chi connectivity index (χ1) is 35.5. The number of rotatable bonds is 13. The van der Waals surface area contributed by atoms with E-state index >= 15 is 0 Å². The Morgan fingerprint density at radius 3 is 1.39 bits per heavy atom. The molecular formula is C61H55ClN2O10. The summed E-state index contributed by atoms with van der Waals surface area (Å²) in [6.45, 7) is 7.60. The Balaban J connectivity index is 0.916. The topological polar surface area (TPSA) is 228 Å². The third-order valence-electron chi connectivity index (χ3n) is 13.3. The summed E-state index contributed by atoms with van der Waals surface area (Å²) in [6.07, 6.45) is 33.7. The van der Waals surface area contributed by atoms with Crippen LogP contribution in [0.5, 0.6) is 57.5 Å². The first-order valence-corrected chi connectivity index (χ1v) is 24.2. The molecule has 0 saturated heterocycles. The van der Waals surface area contributed by atoms with Gasteiger partial charge in [0.2, 0.25) is 34.5 Å². The fourth-order valence-corrected chi connectivity index (χ4v) is 9.39. The van der Waals surface area contributed by atoms with Crippen LogP contribution in [0.25, 0.3) is 44.8 Å². The lowest BCUT2D eigenvalue weighted by atomic mass is 9.89. The Morgan fingerprint density at radius 1 is 0.568 bits per heavy atom. The molecule has 74 heavy (non-hydrogen) atoms. The smallest absolute Gasteiger partial charge is 0.208 e. The molecule has 0 amide bonds. The third kappa shape index (κ3) is 11.0. The number of benzene rings is 4. The molecule has 0 bridgehead atoms. The number of aromatic hydroxyl groups is 10. The van der Waals surface area contributed by atoms with E-state index in [1.54, 1.807) is 26.0 Å². The molecule has 2 aromatic heterocycles. The predicted molar refractivity (Wildman–Crippen MR) is 290 cm³/mol. The SMILES string of the molecule is C=C/C(=C\C(Cl)=C/CCC1=CC(c2ccc(-c3cc(C)c(-c4c(O)c(O)c(O)c(O)c4O)cn3)cc2)C/C=C\C=C/1)CC1=CC(c2ccc(-c3cc(C)c(-c4c(O)c(O)c(O)c(O)c4O)cn3)cc2)C/C=C\C=C/1. The molecule has 0 spiro atoms. The Hall–Kier alpha value is -8.87. The molecule has 6 aromatic rings. The second-order valence-electron chi connectivity index (χ2n) is 18.2. The third-order valence-corrected chi connectivity index (χ3v) is 13.5. The normalized spacial score (nSPS) is 17.7. The lowest BCUT2D eigenvalue weighted by molar-refractivity contribution is 0.330. The van der Waals surface area contributed by atoms with Gasteiger partial charge in [0.1, 0.15) is 0 Å². The van der Waals surface area contributed by atoms with Crippen LogP contribution in [0.2, 0.25) is 0 Å². The summed E-state index contributed by atoms with van der Waals surface area (Å²) in [4.78, 5) is 9.09. The van der Waals surface area contributed by atoms with Crippen LogP contribution in [-0.2, 0) is 0 Å². The Morgan fingerprint density at radius 2 is 0.973 bits per heavy atom. The van der Waals surface area contributed by atoms with Crippen molar-refractivity contribution >= 4 is 11.6 Å². The van der Waals surface area contributed by atoms with Crippen LogP contribution < -0.4 is 0 Å². The summed E-state index contributed by atoms with van der Waals surface area (Å²) < 4.78 is 0. The molecule has 10 N–H and O–H groups in total. The van der Waals surface area contributed by atoms with Gasteiger partial charge in [-0.2, -0.15) is 0 Å². The molecule has 8 rings (SSSR count). The van der Waals surface area contributed by atoms with E-state index in [0.29, 0.717) is 34.0 Å². The molecule has 0 radical (unpaired) electrons. The van der Waals surface area contributed by atoms with Gasteiger partial charge in [0, 0.05) is 51.5 Å². The zero-order valence-corrected chi connectivity index (χ0v) is 41.3. The zero-order chi connectivity index (χ0) is 52.8. The van der Waals surface area contributed by atoms with Crippen LogP contribution in [0.15, 0.2) is 180 Å². The van der Waals surface area contributed by atoms with Crippen molar-refractivity contribution in [2.75, 3.05) is 0 Å². The maximum absolute atomic E-state index is 10.5. The van der Waals surface area contributed by atoms with Gasteiger partial charge in [-0.3, -0.25) is 9.97 Å². The van der Waals surface area contributed by atoms with Crippen LogP contribution in [0.4, 0.5) is 0 Å². The van der Waals surface area contributed by atoms with E-state index in [1.807, 2.05) is 48.6 Å². The molecule has 0 aliphatic heterocycles. The minimum absolute atomic E-state index is 0.0813. The second-order valence-corrected chi connectivity index (χ2v) is 18.7. The van der Waals surface area contributed by atoms with Gasteiger partial charge >= 0.3 is 0 Å². The molecule has 2 heterocycles. The number of hydrogen-bond donors (Lipinski definition) is 10. The van der Waals surface area contributed by atoms with Crippen molar-refractivity contribution in [1.82, 2.24) is 9.97 Å². The molecule has 2 aliphatic rings. The Kier molecular flexibility index (Phi) is 15.5. The molecule has 376 valence electrons. The molecule has 2 aliphatic carbocycles. The van der Waals surface area contributed by atoms with Crippen molar-refractivity contribution in [2.45, 2.75) is 57.8 Å².